The van der Waals surface area contributed by atoms with Gasteiger partial charge in [-0.15, -0.1) is 0 Å². The van der Waals surface area contributed by atoms with E-state index in [1.54, 1.807) is 28.4 Å². The first-order chi connectivity index (χ1) is 7.76. The normalized spacial score (nSPS) is 22.2. The molecule has 0 amide bonds. The number of hydrogen-bond acceptors (Lipinski definition) is 3. The number of rotatable bonds is 5. The van der Waals surface area contributed by atoms with Crippen molar-refractivity contribution in [3.63, 3.8) is 0 Å². The van der Waals surface area contributed by atoms with Crippen molar-refractivity contribution >= 4 is 7.48 Å². The molecule has 0 saturated heterocycles. The van der Waals surface area contributed by atoms with Gasteiger partial charge in [-0.2, -0.15) is 0 Å². The Balaban J connectivity index is 2.45. The lowest BCUT2D eigenvalue weighted by atomic mass is 9.77. The summed E-state index contributed by atoms with van der Waals surface area (Å²) in [5, 5.41) is 9.97. The highest BCUT2D eigenvalue weighted by atomic mass is 16.5. The Kier molecular flexibility index (Phi) is 4.81. The summed E-state index contributed by atoms with van der Waals surface area (Å²) in [5.74, 6) is 0. The van der Waals surface area contributed by atoms with Gasteiger partial charge in [-0.1, -0.05) is 11.5 Å². The van der Waals surface area contributed by atoms with Crippen molar-refractivity contribution in [3.05, 3.63) is 11.5 Å². The van der Waals surface area contributed by atoms with Crippen molar-refractivity contribution in [2.24, 2.45) is 0 Å². The highest BCUT2D eigenvalue weighted by Crippen LogP contribution is 2.26. The van der Waals surface area contributed by atoms with Crippen molar-refractivity contribution in [2.45, 2.75) is 64.3 Å². The first-order valence-corrected chi connectivity index (χ1v) is 6.21. The molecule has 17 heavy (non-hydrogen) atoms. The maximum absolute atomic E-state index is 9.97. The van der Waals surface area contributed by atoms with Crippen LogP contribution >= 0.6 is 0 Å². The minimum atomic E-state index is -0.867. The van der Waals surface area contributed by atoms with Crippen LogP contribution < -0.4 is 0 Å². The van der Waals surface area contributed by atoms with Gasteiger partial charge in [-0.05, 0) is 47.0 Å². The molecule has 4 heteroatoms. The average Bonchev–Trinajstić information content (AvgIpc) is 2.25. The van der Waals surface area contributed by atoms with Gasteiger partial charge in [-0.3, -0.25) is 0 Å². The molecule has 0 aliphatic heterocycles. The topological polar surface area (TPSA) is 38.7 Å². The molecule has 1 N–H and O–H groups in total. The Labute approximate surface area is 105 Å². The van der Waals surface area contributed by atoms with Gasteiger partial charge in [0.15, 0.2) is 0 Å². The number of ether oxygens (including phenoxy) is 1. The van der Waals surface area contributed by atoms with E-state index in [9.17, 15) is 5.11 Å². The van der Waals surface area contributed by atoms with Gasteiger partial charge in [-0.25, -0.2) is 0 Å². The van der Waals surface area contributed by atoms with Gasteiger partial charge >= 0.3 is 7.48 Å². The largest absolute Gasteiger partial charge is 0.427 e. The van der Waals surface area contributed by atoms with Crippen LogP contribution in [0.25, 0.3) is 0 Å². The third-order valence-corrected chi connectivity index (χ3v) is 3.71. The van der Waals surface area contributed by atoms with Crippen molar-refractivity contribution in [1.29, 1.82) is 0 Å². The highest BCUT2D eigenvalue weighted by molar-refractivity contribution is 6.38. The maximum atomic E-state index is 9.97. The van der Waals surface area contributed by atoms with Crippen LogP contribution in [0.15, 0.2) is 11.5 Å². The lowest BCUT2D eigenvalue weighted by Crippen LogP contribution is -2.48. The zero-order valence-electron chi connectivity index (χ0n) is 11.6. The zero-order valence-corrected chi connectivity index (χ0v) is 11.6. The van der Waals surface area contributed by atoms with Crippen LogP contribution in [0.2, 0.25) is 0 Å². The molecule has 1 atom stereocenters. The van der Waals surface area contributed by atoms with E-state index in [0.717, 1.165) is 19.3 Å². The molecule has 1 radical (unpaired) electrons. The molecule has 0 fully saturated rings. The fourth-order valence-corrected chi connectivity index (χ4v) is 1.52. The van der Waals surface area contributed by atoms with Crippen molar-refractivity contribution < 1.29 is 14.5 Å². The minimum absolute atomic E-state index is 0.342. The van der Waals surface area contributed by atoms with Crippen LogP contribution in [-0.2, 0) is 9.39 Å². The van der Waals surface area contributed by atoms with E-state index < -0.39 is 11.2 Å². The first kappa shape index (κ1) is 14.7. The molecular formula is C13H24BO3. The lowest BCUT2D eigenvalue weighted by Gasteiger charge is -2.38. The summed E-state index contributed by atoms with van der Waals surface area (Å²) >= 11 is 0. The summed E-state index contributed by atoms with van der Waals surface area (Å²) in [6.07, 6.45) is 5.44. The molecule has 0 bridgehead atoms. The quantitative estimate of drug-likeness (QED) is 0.748. The van der Waals surface area contributed by atoms with E-state index in [2.05, 4.69) is 6.08 Å². The Morgan fingerprint density at radius 3 is 2.41 bits per heavy atom. The molecule has 1 unspecified atom stereocenters. The second-order valence-corrected chi connectivity index (χ2v) is 5.72. The second kappa shape index (κ2) is 5.55. The number of hydrogen-bond donors (Lipinski definition) is 1. The molecule has 0 aromatic carbocycles. The molecule has 0 aromatic heterocycles. The van der Waals surface area contributed by atoms with Crippen LogP contribution in [0.5, 0.6) is 0 Å². The van der Waals surface area contributed by atoms with Crippen LogP contribution in [0.1, 0.15) is 47.0 Å². The summed E-state index contributed by atoms with van der Waals surface area (Å²) in [4.78, 5) is 0. The fraction of sp³-hybridized carbons (Fsp3) is 0.846. The maximum Gasteiger partial charge on any atom is 0.326 e. The third-order valence-electron chi connectivity index (χ3n) is 3.71. The molecule has 0 spiro atoms. The Morgan fingerprint density at radius 2 is 2.00 bits per heavy atom. The molecule has 1 aliphatic carbocycles. The van der Waals surface area contributed by atoms with Crippen LogP contribution in [-0.4, -0.2) is 37.0 Å². The van der Waals surface area contributed by atoms with Crippen molar-refractivity contribution in [1.82, 2.24) is 0 Å². The molecular weight excluding hydrogens is 215 g/mol. The van der Waals surface area contributed by atoms with Crippen LogP contribution in [0, 0.1) is 0 Å². The van der Waals surface area contributed by atoms with Gasteiger partial charge < -0.3 is 14.5 Å². The lowest BCUT2D eigenvalue weighted by molar-refractivity contribution is -0.0898. The third kappa shape index (κ3) is 4.13. The summed E-state index contributed by atoms with van der Waals surface area (Å²) in [6, 6.07) is 0. The fourth-order valence-electron chi connectivity index (χ4n) is 1.52. The standard InChI is InChI=1S/C13H24BO3/c1-12(2,15)13(3,4)17-14-10-6-8-11(16-5)9-7-10/h6,11,15H,7-9H2,1-5H3. The SMILES string of the molecule is COC1CC=C([B]OC(C)(C)C(C)(C)O)CC1. The Morgan fingerprint density at radius 1 is 1.35 bits per heavy atom. The summed E-state index contributed by atoms with van der Waals surface area (Å²) in [7, 11) is 3.53. The summed E-state index contributed by atoms with van der Waals surface area (Å²) < 4.78 is 11.0. The van der Waals surface area contributed by atoms with E-state index in [1.165, 1.54) is 5.47 Å². The molecule has 0 aromatic rings. The van der Waals surface area contributed by atoms with Crippen LogP contribution in [0.3, 0.4) is 0 Å². The number of aliphatic hydroxyl groups is 1. The summed E-state index contributed by atoms with van der Waals surface area (Å²) in [6.45, 7) is 7.31. The van der Waals surface area contributed by atoms with E-state index in [1.807, 2.05) is 13.8 Å². The Bertz CT molecular complexity index is 279. The van der Waals surface area contributed by atoms with Gasteiger partial charge in [0, 0.05) is 7.11 Å². The van der Waals surface area contributed by atoms with E-state index in [4.69, 9.17) is 9.39 Å². The first-order valence-electron chi connectivity index (χ1n) is 6.21. The second-order valence-electron chi connectivity index (χ2n) is 5.72. The molecule has 0 heterocycles. The van der Waals surface area contributed by atoms with E-state index in [-0.39, 0.29) is 0 Å². The minimum Gasteiger partial charge on any atom is -0.427 e. The highest BCUT2D eigenvalue weighted by Gasteiger charge is 2.36. The average molecular weight is 239 g/mol. The summed E-state index contributed by atoms with van der Waals surface area (Å²) in [5.41, 5.74) is -0.268. The molecule has 97 valence electrons. The predicted octanol–water partition coefficient (Wildman–Crippen LogP) is 2.25. The molecule has 1 aliphatic rings. The number of allylic oxidation sites excluding steroid dienone is 1. The van der Waals surface area contributed by atoms with Gasteiger partial charge in [0.2, 0.25) is 0 Å². The smallest absolute Gasteiger partial charge is 0.326 e. The predicted molar refractivity (Wildman–Crippen MR) is 69.9 cm³/mol. The zero-order chi connectivity index (χ0) is 13.1. The van der Waals surface area contributed by atoms with E-state index in [0.29, 0.717) is 6.10 Å². The number of methoxy groups -OCH3 is 1. The van der Waals surface area contributed by atoms with Crippen molar-refractivity contribution in [2.75, 3.05) is 7.11 Å². The monoisotopic (exact) mass is 239 g/mol. The van der Waals surface area contributed by atoms with Crippen LogP contribution in [0.4, 0.5) is 0 Å². The van der Waals surface area contributed by atoms with Gasteiger partial charge in [0.25, 0.3) is 0 Å². The molecule has 0 saturated carbocycles. The van der Waals surface area contributed by atoms with Gasteiger partial charge in [0.1, 0.15) is 0 Å². The Hall–Kier alpha value is -0.315. The molecule has 3 nitrogen and oxygen atoms in total. The molecule has 1 rings (SSSR count). The van der Waals surface area contributed by atoms with Gasteiger partial charge in [0.05, 0.1) is 17.3 Å². The van der Waals surface area contributed by atoms with E-state index >= 15 is 0 Å². The van der Waals surface area contributed by atoms with Crippen molar-refractivity contribution in [3.8, 4) is 0 Å².